The van der Waals surface area contributed by atoms with Crippen LogP contribution >= 0.6 is 0 Å². The molecule has 0 spiro atoms. The number of aryl methyl sites for hydroxylation is 2. The Morgan fingerprint density at radius 1 is 1.31 bits per heavy atom. The molecule has 0 saturated heterocycles. The zero-order chi connectivity index (χ0) is 12.7. The SMILES string of the molecule is Cc1cc(C(=O)C(C)(C)S(C)(=O)=O)c(C)o1. The molecule has 0 atom stereocenters. The van der Waals surface area contributed by atoms with Gasteiger partial charge in [0.2, 0.25) is 0 Å². The Kier molecular flexibility index (Phi) is 3.02. The Bertz CT molecular complexity index is 520. The van der Waals surface area contributed by atoms with Crippen LogP contribution in [0, 0.1) is 13.8 Å². The highest BCUT2D eigenvalue weighted by molar-refractivity contribution is 7.92. The molecular weight excluding hydrogens is 228 g/mol. The zero-order valence-electron chi connectivity index (χ0n) is 10.1. The molecule has 0 aliphatic rings. The van der Waals surface area contributed by atoms with Gasteiger partial charge in [-0.1, -0.05) is 0 Å². The second kappa shape index (κ2) is 3.73. The van der Waals surface area contributed by atoms with Gasteiger partial charge in [-0.05, 0) is 33.8 Å². The number of carbonyl (C=O) groups is 1. The van der Waals surface area contributed by atoms with Crippen LogP contribution in [0.5, 0.6) is 0 Å². The van der Waals surface area contributed by atoms with E-state index in [1.165, 1.54) is 13.8 Å². The van der Waals surface area contributed by atoms with Crippen molar-refractivity contribution in [2.45, 2.75) is 32.4 Å². The maximum atomic E-state index is 12.1. The number of sulfone groups is 1. The van der Waals surface area contributed by atoms with Gasteiger partial charge in [-0.2, -0.15) is 0 Å². The summed E-state index contributed by atoms with van der Waals surface area (Å²) in [6, 6.07) is 1.57. The normalized spacial score (nSPS) is 12.8. The number of furan rings is 1. The van der Waals surface area contributed by atoms with Crippen LogP contribution in [0.4, 0.5) is 0 Å². The van der Waals surface area contributed by atoms with Crippen LogP contribution in [0.3, 0.4) is 0 Å². The van der Waals surface area contributed by atoms with E-state index in [2.05, 4.69) is 0 Å². The van der Waals surface area contributed by atoms with Gasteiger partial charge in [0.05, 0.1) is 5.56 Å². The summed E-state index contributed by atoms with van der Waals surface area (Å²) < 4.78 is 26.9. The molecule has 16 heavy (non-hydrogen) atoms. The van der Waals surface area contributed by atoms with E-state index in [0.29, 0.717) is 17.1 Å². The molecular formula is C11H16O4S. The van der Waals surface area contributed by atoms with Crippen LogP contribution in [0.1, 0.15) is 35.7 Å². The van der Waals surface area contributed by atoms with Crippen LogP contribution in [0.2, 0.25) is 0 Å². The molecule has 0 aromatic carbocycles. The van der Waals surface area contributed by atoms with E-state index >= 15 is 0 Å². The lowest BCUT2D eigenvalue weighted by Crippen LogP contribution is -2.40. The number of ketones is 1. The first-order valence-electron chi connectivity index (χ1n) is 4.89. The average molecular weight is 244 g/mol. The molecule has 1 aromatic heterocycles. The molecule has 4 nitrogen and oxygen atoms in total. The molecule has 1 rings (SSSR count). The number of hydrogen-bond donors (Lipinski definition) is 0. The summed E-state index contributed by atoms with van der Waals surface area (Å²) in [5, 5.41) is 0. The van der Waals surface area contributed by atoms with Gasteiger partial charge >= 0.3 is 0 Å². The molecule has 0 aliphatic carbocycles. The third-order valence-electron chi connectivity index (χ3n) is 2.76. The first kappa shape index (κ1) is 13.0. The van der Waals surface area contributed by atoms with Gasteiger partial charge in [0.25, 0.3) is 0 Å². The molecule has 90 valence electrons. The molecule has 1 aromatic rings. The first-order chi connectivity index (χ1) is 7.07. The van der Waals surface area contributed by atoms with Gasteiger partial charge in [-0.3, -0.25) is 4.79 Å². The highest BCUT2D eigenvalue weighted by atomic mass is 32.2. The zero-order valence-corrected chi connectivity index (χ0v) is 10.9. The lowest BCUT2D eigenvalue weighted by atomic mass is 10.0. The molecule has 0 bridgehead atoms. The highest BCUT2D eigenvalue weighted by Crippen LogP contribution is 2.25. The maximum absolute atomic E-state index is 12.1. The van der Waals surface area contributed by atoms with Gasteiger partial charge in [-0.25, -0.2) is 8.42 Å². The minimum absolute atomic E-state index is 0.341. The fourth-order valence-electron chi connectivity index (χ4n) is 1.35. The second-order valence-corrected chi connectivity index (χ2v) is 7.00. The van der Waals surface area contributed by atoms with E-state index in [1.54, 1.807) is 19.9 Å². The molecule has 5 heteroatoms. The number of hydrogen-bond acceptors (Lipinski definition) is 4. The summed E-state index contributed by atoms with van der Waals surface area (Å²) in [7, 11) is -3.45. The third-order valence-corrected chi connectivity index (χ3v) is 4.80. The Morgan fingerprint density at radius 3 is 2.12 bits per heavy atom. The van der Waals surface area contributed by atoms with E-state index in [4.69, 9.17) is 4.42 Å². The Balaban J connectivity index is 3.28. The topological polar surface area (TPSA) is 64.3 Å². The summed E-state index contributed by atoms with van der Waals surface area (Å²) in [5.74, 6) is 0.633. The first-order valence-corrected chi connectivity index (χ1v) is 6.78. The van der Waals surface area contributed by atoms with Crippen LogP contribution in [0.15, 0.2) is 10.5 Å². The standard InChI is InChI=1S/C11H16O4S/c1-7-6-9(8(2)15-7)10(12)11(3,4)16(5,13)14/h6H,1-5H3. The van der Waals surface area contributed by atoms with E-state index in [9.17, 15) is 13.2 Å². The largest absolute Gasteiger partial charge is 0.466 e. The second-order valence-electron chi connectivity index (χ2n) is 4.44. The minimum Gasteiger partial charge on any atom is -0.466 e. The lowest BCUT2D eigenvalue weighted by molar-refractivity contribution is 0.0952. The third kappa shape index (κ3) is 2.04. The predicted octanol–water partition coefficient (Wildman–Crippen LogP) is 1.90. The quantitative estimate of drug-likeness (QED) is 0.762. The van der Waals surface area contributed by atoms with Crippen molar-refractivity contribution in [3.63, 3.8) is 0 Å². The van der Waals surface area contributed by atoms with Crippen LogP contribution in [-0.2, 0) is 9.84 Å². The molecule has 0 radical (unpaired) electrons. The van der Waals surface area contributed by atoms with Crippen molar-refractivity contribution in [3.8, 4) is 0 Å². The lowest BCUT2D eigenvalue weighted by Gasteiger charge is -2.20. The van der Waals surface area contributed by atoms with E-state index in [-0.39, 0.29) is 0 Å². The van der Waals surface area contributed by atoms with Gasteiger partial charge in [-0.15, -0.1) is 0 Å². The van der Waals surface area contributed by atoms with E-state index < -0.39 is 20.4 Å². The van der Waals surface area contributed by atoms with Gasteiger partial charge in [0.15, 0.2) is 15.6 Å². The van der Waals surface area contributed by atoms with Crippen LogP contribution in [0.25, 0.3) is 0 Å². The molecule has 0 unspecified atom stereocenters. The molecule has 0 N–H and O–H groups in total. The van der Waals surface area contributed by atoms with Gasteiger partial charge < -0.3 is 4.42 Å². The summed E-state index contributed by atoms with van der Waals surface area (Å²) in [6.45, 7) is 6.19. The maximum Gasteiger partial charge on any atom is 0.186 e. The van der Waals surface area contributed by atoms with Crippen molar-refractivity contribution in [1.82, 2.24) is 0 Å². The van der Waals surface area contributed by atoms with E-state index in [1.807, 2.05) is 0 Å². The van der Waals surface area contributed by atoms with Crippen molar-refractivity contribution >= 4 is 15.6 Å². The van der Waals surface area contributed by atoms with Gasteiger partial charge in [0.1, 0.15) is 16.3 Å². The molecule has 1 heterocycles. The molecule has 0 saturated carbocycles. The smallest absolute Gasteiger partial charge is 0.186 e. The summed E-state index contributed by atoms with van der Waals surface area (Å²) in [6.07, 6.45) is 1.06. The van der Waals surface area contributed by atoms with Crippen molar-refractivity contribution < 1.29 is 17.6 Å². The minimum atomic E-state index is -3.45. The number of rotatable bonds is 3. The highest BCUT2D eigenvalue weighted by Gasteiger charge is 2.40. The van der Waals surface area contributed by atoms with Crippen molar-refractivity contribution in [2.75, 3.05) is 6.26 Å². The Morgan fingerprint density at radius 2 is 1.81 bits per heavy atom. The van der Waals surface area contributed by atoms with E-state index in [0.717, 1.165) is 6.26 Å². The molecule has 0 aliphatic heterocycles. The number of carbonyl (C=O) groups excluding carboxylic acids is 1. The number of Topliss-reactive ketones (excluding diaryl/α,β-unsaturated/α-hetero) is 1. The predicted molar refractivity (Wildman–Crippen MR) is 61.4 cm³/mol. The average Bonchev–Trinajstić information content (AvgIpc) is 2.41. The fraction of sp³-hybridized carbons (Fsp3) is 0.545. The van der Waals surface area contributed by atoms with Crippen LogP contribution < -0.4 is 0 Å². The molecule has 0 amide bonds. The van der Waals surface area contributed by atoms with Crippen molar-refractivity contribution in [3.05, 3.63) is 23.2 Å². The van der Waals surface area contributed by atoms with Crippen LogP contribution in [-0.4, -0.2) is 25.2 Å². The Labute approximate surface area is 95.6 Å². The monoisotopic (exact) mass is 244 g/mol. The summed E-state index contributed by atoms with van der Waals surface area (Å²) in [5.41, 5.74) is 0.341. The summed E-state index contributed by atoms with van der Waals surface area (Å²) >= 11 is 0. The molecule has 0 fully saturated rings. The summed E-state index contributed by atoms with van der Waals surface area (Å²) in [4.78, 5) is 12.1. The van der Waals surface area contributed by atoms with Gasteiger partial charge in [0, 0.05) is 6.26 Å². The van der Waals surface area contributed by atoms with Crippen molar-refractivity contribution in [2.24, 2.45) is 0 Å². The van der Waals surface area contributed by atoms with Crippen molar-refractivity contribution in [1.29, 1.82) is 0 Å². The fourth-order valence-corrected chi connectivity index (χ4v) is 1.80. The Hall–Kier alpha value is -1.10.